The van der Waals surface area contributed by atoms with Crippen molar-refractivity contribution in [2.24, 2.45) is 0 Å². The van der Waals surface area contributed by atoms with Crippen molar-refractivity contribution in [3.8, 4) is 0 Å². The summed E-state index contributed by atoms with van der Waals surface area (Å²) in [6.45, 7) is 1.89. The second-order valence-corrected chi connectivity index (χ2v) is 3.69. The fraction of sp³-hybridized carbons (Fsp3) is 0.556. The van der Waals surface area contributed by atoms with Crippen LogP contribution in [0.15, 0.2) is 17.0 Å². The van der Waals surface area contributed by atoms with Crippen molar-refractivity contribution in [2.45, 2.75) is 6.42 Å². The maximum atomic E-state index is 8.47. The second-order valence-electron chi connectivity index (χ2n) is 2.84. The molecule has 0 fully saturated rings. The number of hydrogen-bond donors (Lipinski definition) is 2. The van der Waals surface area contributed by atoms with Gasteiger partial charge in [-0.3, -0.25) is 0 Å². The Morgan fingerprint density at radius 3 is 3.07 bits per heavy atom. The van der Waals surface area contributed by atoms with Crippen LogP contribution in [-0.2, 0) is 4.74 Å². The van der Waals surface area contributed by atoms with Gasteiger partial charge in [0.2, 0.25) is 0 Å². The molecule has 0 aromatic carbocycles. The molecule has 0 spiro atoms. The van der Waals surface area contributed by atoms with Crippen molar-refractivity contribution >= 4 is 21.7 Å². The highest BCUT2D eigenvalue weighted by atomic mass is 79.9. The van der Waals surface area contributed by atoms with Crippen LogP contribution in [0, 0.1) is 0 Å². The lowest BCUT2D eigenvalue weighted by Crippen LogP contribution is -2.08. The van der Waals surface area contributed by atoms with Crippen molar-refractivity contribution in [3.63, 3.8) is 0 Å². The normalized spacial score (nSPS) is 10.3. The molecule has 6 heteroatoms. The maximum absolute atomic E-state index is 8.47. The van der Waals surface area contributed by atoms with Crippen molar-refractivity contribution in [2.75, 3.05) is 31.7 Å². The summed E-state index contributed by atoms with van der Waals surface area (Å²) in [4.78, 5) is 7.93. The summed E-state index contributed by atoms with van der Waals surface area (Å²) in [5.74, 6) is 0.784. The van der Waals surface area contributed by atoms with Crippen molar-refractivity contribution in [1.29, 1.82) is 0 Å². The number of rotatable bonds is 7. The number of anilines is 1. The third-order valence-electron chi connectivity index (χ3n) is 1.66. The highest BCUT2D eigenvalue weighted by molar-refractivity contribution is 9.10. The average Bonchev–Trinajstić information content (AvgIpc) is 2.25. The number of ether oxygens (including phenoxy) is 1. The number of aromatic nitrogens is 2. The third-order valence-corrected chi connectivity index (χ3v) is 2.24. The Labute approximate surface area is 97.0 Å². The maximum Gasteiger partial charge on any atom is 0.143 e. The minimum Gasteiger partial charge on any atom is -0.394 e. The molecule has 1 aromatic rings. The number of aliphatic hydroxyl groups is 1. The fourth-order valence-electron chi connectivity index (χ4n) is 0.990. The fourth-order valence-corrected chi connectivity index (χ4v) is 1.35. The number of nitrogens with zero attached hydrogens (tertiary/aromatic N) is 2. The van der Waals surface area contributed by atoms with Gasteiger partial charge in [0.1, 0.15) is 12.1 Å². The highest BCUT2D eigenvalue weighted by Gasteiger charge is 1.98. The molecule has 0 atom stereocenters. The van der Waals surface area contributed by atoms with E-state index < -0.39 is 0 Å². The predicted octanol–water partition coefficient (Wildman–Crippen LogP) is 1.05. The first-order chi connectivity index (χ1) is 7.34. The predicted molar refractivity (Wildman–Crippen MR) is 60.7 cm³/mol. The van der Waals surface area contributed by atoms with Crippen LogP contribution in [0.25, 0.3) is 0 Å². The van der Waals surface area contributed by atoms with Gasteiger partial charge in [0.15, 0.2) is 0 Å². The third kappa shape index (κ3) is 5.06. The standard InChI is InChI=1S/C9H14BrN3O2/c10-8-6-11-7-13-9(8)12-2-1-4-15-5-3-14/h6-7,14H,1-5H2,(H,11,12,13). The van der Waals surface area contributed by atoms with Crippen LogP contribution in [0.2, 0.25) is 0 Å². The van der Waals surface area contributed by atoms with E-state index in [9.17, 15) is 0 Å². The van der Waals surface area contributed by atoms with Gasteiger partial charge in [0.25, 0.3) is 0 Å². The first-order valence-electron chi connectivity index (χ1n) is 4.72. The van der Waals surface area contributed by atoms with Crippen LogP contribution in [0.4, 0.5) is 5.82 Å². The summed E-state index contributed by atoms with van der Waals surface area (Å²) in [7, 11) is 0. The van der Waals surface area contributed by atoms with Crippen molar-refractivity contribution in [1.82, 2.24) is 9.97 Å². The van der Waals surface area contributed by atoms with Crippen molar-refractivity contribution in [3.05, 3.63) is 17.0 Å². The highest BCUT2D eigenvalue weighted by Crippen LogP contribution is 2.16. The summed E-state index contributed by atoms with van der Waals surface area (Å²) in [5.41, 5.74) is 0. The molecule has 0 aliphatic rings. The molecule has 1 aromatic heterocycles. The number of halogens is 1. The molecule has 1 rings (SSSR count). The zero-order chi connectivity index (χ0) is 10.9. The van der Waals surface area contributed by atoms with Crippen LogP contribution in [0.5, 0.6) is 0 Å². The molecule has 0 amide bonds. The molecular weight excluding hydrogens is 262 g/mol. The number of hydrogen-bond acceptors (Lipinski definition) is 5. The van der Waals surface area contributed by atoms with E-state index in [2.05, 4.69) is 31.2 Å². The van der Waals surface area contributed by atoms with E-state index in [0.717, 1.165) is 23.3 Å². The summed E-state index contributed by atoms with van der Waals surface area (Å²) >= 11 is 3.34. The molecule has 0 saturated carbocycles. The van der Waals surface area contributed by atoms with E-state index in [-0.39, 0.29) is 6.61 Å². The van der Waals surface area contributed by atoms with Crippen LogP contribution in [0.1, 0.15) is 6.42 Å². The first-order valence-corrected chi connectivity index (χ1v) is 5.52. The monoisotopic (exact) mass is 275 g/mol. The van der Waals surface area contributed by atoms with Crippen LogP contribution in [-0.4, -0.2) is 41.4 Å². The SMILES string of the molecule is OCCOCCCNc1ncncc1Br. The van der Waals surface area contributed by atoms with Crippen LogP contribution in [0.3, 0.4) is 0 Å². The van der Waals surface area contributed by atoms with Gasteiger partial charge in [-0.05, 0) is 22.4 Å². The van der Waals surface area contributed by atoms with Gasteiger partial charge in [0, 0.05) is 19.3 Å². The summed E-state index contributed by atoms with van der Waals surface area (Å²) < 4.78 is 5.96. The second kappa shape index (κ2) is 7.56. The summed E-state index contributed by atoms with van der Waals surface area (Å²) in [6.07, 6.45) is 4.06. The lowest BCUT2D eigenvalue weighted by molar-refractivity contribution is 0.0922. The Bertz CT molecular complexity index is 286. The summed E-state index contributed by atoms with van der Waals surface area (Å²) in [6, 6.07) is 0. The zero-order valence-corrected chi connectivity index (χ0v) is 9.90. The molecule has 2 N–H and O–H groups in total. The number of aliphatic hydroxyl groups excluding tert-OH is 1. The largest absolute Gasteiger partial charge is 0.394 e. The van der Waals surface area contributed by atoms with E-state index in [4.69, 9.17) is 9.84 Å². The van der Waals surface area contributed by atoms with Crippen LogP contribution < -0.4 is 5.32 Å². The Balaban J connectivity index is 2.12. The number of nitrogens with one attached hydrogen (secondary N) is 1. The van der Waals surface area contributed by atoms with Gasteiger partial charge >= 0.3 is 0 Å². The van der Waals surface area contributed by atoms with E-state index in [1.165, 1.54) is 6.33 Å². The molecule has 0 aliphatic heterocycles. The molecule has 15 heavy (non-hydrogen) atoms. The van der Waals surface area contributed by atoms with Gasteiger partial charge in [-0.2, -0.15) is 0 Å². The van der Waals surface area contributed by atoms with Crippen molar-refractivity contribution < 1.29 is 9.84 Å². The molecule has 84 valence electrons. The van der Waals surface area contributed by atoms with E-state index in [0.29, 0.717) is 13.2 Å². The van der Waals surface area contributed by atoms with Gasteiger partial charge in [0.05, 0.1) is 17.7 Å². The summed E-state index contributed by atoms with van der Waals surface area (Å²) in [5, 5.41) is 11.6. The lowest BCUT2D eigenvalue weighted by atomic mass is 10.4. The van der Waals surface area contributed by atoms with Crippen LogP contribution >= 0.6 is 15.9 Å². The molecule has 0 unspecified atom stereocenters. The Morgan fingerprint density at radius 2 is 2.33 bits per heavy atom. The minimum atomic E-state index is 0.0743. The lowest BCUT2D eigenvalue weighted by Gasteiger charge is -2.06. The molecule has 1 heterocycles. The average molecular weight is 276 g/mol. The Hall–Kier alpha value is -0.720. The molecule has 0 bridgehead atoms. The minimum absolute atomic E-state index is 0.0743. The molecule has 0 radical (unpaired) electrons. The topological polar surface area (TPSA) is 67.3 Å². The van der Waals surface area contributed by atoms with Gasteiger partial charge in [-0.25, -0.2) is 9.97 Å². The van der Waals surface area contributed by atoms with Gasteiger partial charge in [-0.1, -0.05) is 0 Å². The van der Waals surface area contributed by atoms with E-state index in [1.54, 1.807) is 6.20 Å². The quantitative estimate of drug-likeness (QED) is 0.729. The van der Waals surface area contributed by atoms with E-state index in [1.807, 2.05) is 0 Å². The van der Waals surface area contributed by atoms with Gasteiger partial charge < -0.3 is 15.2 Å². The molecule has 0 saturated heterocycles. The molecule has 0 aliphatic carbocycles. The smallest absolute Gasteiger partial charge is 0.143 e. The Morgan fingerprint density at radius 1 is 1.47 bits per heavy atom. The molecular formula is C9H14BrN3O2. The zero-order valence-electron chi connectivity index (χ0n) is 8.32. The Kier molecular flexibility index (Phi) is 6.22. The first kappa shape index (κ1) is 12.4. The molecule has 5 nitrogen and oxygen atoms in total. The van der Waals surface area contributed by atoms with E-state index >= 15 is 0 Å². The van der Waals surface area contributed by atoms with Gasteiger partial charge in [-0.15, -0.1) is 0 Å².